The van der Waals surface area contributed by atoms with Crippen molar-refractivity contribution in [1.82, 2.24) is 9.55 Å². The molecule has 4 rings (SSSR count). The van der Waals surface area contributed by atoms with E-state index in [9.17, 15) is 9.59 Å². The van der Waals surface area contributed by atoms with Crippen molar-refractivity contribution in [3.63, 3.8) is 0 Å². The van der Waals surface area contributed by atoms with Crippen LogP contribution in [0.3, 0.4) is 0 Å². The number of carbonyl (C=O) groups excluding carboxylic acids is 1. The third-order valence-corrected chi connectivity index (χ3v) is 4.96. The lowest BCUT2D eigenvalue weighted by atomic mass is 10.1. The number of carbonyl (C=O) groups is 1. The van der Waals surface area contributed by atoms with Crippen molar-refractivity contribution < 1.29 is 9.53 Å². The summed E-state index contributed by atoms with van der Waals surface area (Å²) >= 11 is 0. The van der Waals surface area contributed by atoms with Crippen LogP contribution in [0.25, 0.3) is 10.8 Å². The van der Waals surface area contributed by atoms with Gasteiger partial charge in [0, 0.05) is 29.7 Å². The van der Waals surface area contributed by atoms with Crippen LogP contribution in [-0.2, 0) is 13.0 Å². The zero-order valence-corrected chi connectivity index (χ0v) is 16.5. The van der Waals surface area contributed by atoms with E-state index in [1.807, 2.05) is 30.3 Å². The Morgan fingerprint density at radius 2 is 1.80 bits per heavy atom. The molecule has 0 fully saturated rings. The van der Waals surface area contributed by atoms with E-state index in [4.69, 9.17) is 4.74 Å². The van der Waals surface area contributed by atoms with E-state index in [1.165, 1.54) is 0 Å². The number of aryl methyl sites for hydroxylation is 2. The highest BCUT2D eigenvalue weighted by molar-refractivity contribution is 6.12. The van der Waals surface area contributed by atoms with E-state index in [0.29, 0.717) is 35.0 Å². The second-order valence-electron chi connectivity index (χ2n) is 6.88. The predicted octanol–water partition coefficient (Wildman–Crippen LogP) is 3.90. The number of hydrogen-bond acceptors (Lipinski definition) is 4. The minimum absolute atomic E-state index is 0.114. The van der Waals surface area contributed by atoms with Gasteiger partial charge >= 0.3 is 0 Å². The molecule has 0 aliphatic rings. The van der Waals surface area contributed by atoms with E-state index < -0.39 is 0 Å². The maximum Gasteiger partial charge on any atom is 0.258 e. The molecule has 0 bridgehead atoms. The zero-order valence-electron chi connectivity index (χ0n) is 16.5. The number of pyridine rings is 2. The number of benzene rings is 2. The number of methoxy groups -OCH3 is 1. The average molecular weight is 399 g/mol. The number of anilines is 1. The molecule has 6 heteroatoms. The number of ether oxygens (including phenoxy) is 1. The summed E-state index contributed by atoms with van der Waals surface area (Å²) in [6, 6.07) is 18.4. The number of rotatable bonds is 6. The van der Waals surface area contributed by atoms with E-state index in [2.05, 4.69) is 10.3 Å². The first-order valence-corrected chi connectivity index (χ1v) is 9.62. The van der Waals surface area contributed by atoms with Crippen LogP contribution in [0.4, 0.5) is 5.69 Å². The van der Waals surface area contributed by atoms with Crippen molar-refractivity contribution in [3.05, 3.63) is 101 Å². The van der Waals surface area contributed by atoms with Crippen molar-refractivity contribution in [2.24, 2.45) is 0 Å². The van der Waals surface area contributed by atoms with Crippen molar-refractivity contribution in [3.8, 4) is 5.75 Å². The molecule has 0 unspecified atom stereocenters. The third kappa shape index (κ3) is 4.07. The van der Waals surface area contributed by atoms with Gasteiger partial charge in [-0.2, -0.15) is 0 Å². The number of nitrogens with one attached hydrogen (secondary N) is 1. The first-order valence-electron chi connectivity index (χ1n) is 9.62. The second-order valence-corrected chi connectivity index (χ2v) is 6.88. The van der Waals surface area contributed by atoms with Gasteiger partial charge in [-0.05, 0) is 42.3 Å². The summed E-state index contributed by atoms with van der Waals surface area (Å²) < 4.78 is 6.79. The molecule has 6 nitrogen and oxygen atoms in total. The highest BCUT2D eigenvalue weighted by Crippen LogP contribution is 2.18. The molecule has 2 aromatic heterocycles. The van der Waals surface area contributed by atoms with Crippen LogP contribution in [0.1, 0.15) is 15.9 Å². The van der Waals surface area contributed by atoms with Gasteiger partial charge in [0.25, 0.3) is 11.5 Å². The fourth-order valence-electron chi connectivity index (χ4n) is 3.37. The molecule has 1 N–H and O–H groups in total. The molecule has 0 radical (unpaired) electrons. The standard InChI is InChI=1S/C24H21N3O3/c1-30-19-10-8-17(9-11-19)12-14-27-16-22(20-6-2-3-7-21(20)24(27)29)23(28)26-18-5-4-13-25-15-18/h2-11,13,15-16H,12,14H2,1H3,(H,26,28). The van der Waals surface area contributed by atoms with E-state index in [0.717, 1.165) is 11.3 Å². The molecule has 30 heavy (non-hydrogen) atoms. The monoisotopic (exact) mass is 399 g/mol. The Balaban J connectivity index is 1.67. The SMILES string of the molecule is COc1ccc(CCn2cc(C(=O)Nc3cccnc3)c3ccccc3c2=O)cc1. The van der Waals surface area contributed by atoms with Crippen LogP contribution in [0.15, 0.2) is 84.0 Å². The van der Waals surface area contributed by atoms with Gasteiger partial charge < -0.3 is 14.6 Å². The maximum absolute atomic E-state index is 13.0. The van der Waals surface area contributed by atoms with Crippen molar-refractivity contribution >= 4 is 22.4 Å². The largest absolute Gasteiger partial charge is 0.497 e. The number of amides is 1. The molecular weight excluding hydrogens is 378 g/mol. The van der Waals surface area contributed by atoms with Crippen LogP contribution >= 0.6 is 0 Å². The smallest absolute Gasteiger partial charge is 0.258 e. The van der Waals surface area contributed by atoms with Crippen LogP contribution in [0, 0.1) is 0 Å². The Morgan fingerprint density at radius 3 is 2.50 bits per heavy atom. The third-order valence-electron chi connectivity index (χ3n) is 4.96. The van der Waals surface area contributed by atoms with Gasteiger partial charge in [-0.25, -0.2) is 0 Å². The summed E-state index contributed by atoms with van der Waals surface area (Å²) in [6.07, 6.45) is 5.52. The molecular formula is C24H21N3O3. The Hall–Kier alpha value is -3.93. The Labute approximate surface area is 173 Å². The summed E-state index contributed by atoms with van der Waals surface area (Å²) in [5.41, 5.74) is 2.01. The topological polar surface area (TPSA) is 73.2 Å². The summed E-state index contributed by atoms with van der Waals surface area (Å²) in [5, 5.41) is 4.00. The average Bonchev–Trinajstić information content (AvgIpc) is 2.79. The van der Waals surface area contributed by atoms with Gasteiger partial charge in [0.2, 0.25) is 0 Å². The molecule has 2 heterocycles. The predicted molar refractivity (Wildman–Crippen MR) is 117 cm³/mol. The van der Waals surface area contributed by atoms with Crippen LogP contribution in [-0.4, -0.2) is 22.6 Å². The molecule has 0 saturated carbocycles. The minimum atomic E-state index is -0.280. The fraction of sp³-hybridized carbons (Fsp3) is 0.125. The molecule has 1 amide bonds. The molecule has 0 atom stereocenters. The van der Waals surface area contributed by atoms with Gasteiger partial charge in [0.1, 0.15) is 5.75 Å². The molecule has 2 aromatic carbocycles. The summed E-state index contributed by atoms with van der Waals surface area (Å²) in [7, 11) is 1.63. The highest BCUT2D eigenvalue weighted by atomic mass is 16.5. The quantitative estimate of drug-likeness (QED) is 0.534. The summed E-state index contributed by atoms with van der Waals surface area (Å²) in [5.74, 6) is 0.508. The molecule has 0 spiro atoms. The minimum Gasteiger partial charge on any atom is -0.497 e. The van der Waals surface area contributed by atoms with E-state index in [1.54, 1.807) is 60.6 Å². The Bertz CT molecular complexity index is 1230. The van der Waals surface area contributed by atoms with E-state index in [-0.39, 0.29) is 11.5 Å². The second kappa shape index (κ2) is 8.61. The fourth-order valence-corrected chi connectivity index (χ4v) is 3.37. The number of fused-ring (bicyclic) bond motifs is 1. The van der Waals surface area contributed by atoms with Gasteiger partial charge in [-0.1, -0.05) is 30.3 Å². The van der Waals surface area contributed by atoms with Crippen molar-refractivity contribution in [1.29, 1.82) is 0 Å². The van der Waals surface area contributed by atoms with Crippen molar-refractivity contribution in [2.75, 3.05) is 12.4 Å². The number of aromatic nitrogens is 2. The van der Waals surface area contributed by atoms with Gasteiger partial charge in [0.05, 0.1) is 24.6 Å². The van der Waals surface area contributed by atoms with Crippen LogP contribution in [0.5, 0.6) is 5.75 Å². The number of hydrogen-bond donors (Lipinski definition) is 1. The van der Waals surface area contributed by atoms with Gasteiger partial charge in [-0.15, -0.1) is 0 Å². The summed E-state index contributed by atoms with van der Waals surface area (Å²) in [6.45, 7) is 0.461. The first-order chi connectivity index (χ1) is 14.7. The molecule has 0 saturated heterocycles. The molecule has 150 valence electrons. The Morgan fingerprint density at radius 1 is 1.03 bits per heavy atom. The molecule has 4 aromatic rings. The summed E-state index contributed by atoms with van der Waals surface area (Å²) in [4.78, 5) is 30.0. The molecule has 0 aliphatic heterocycles. The van der Waals surface area contributed by atoms with Gasteiger partial charge in [-0.3, -0.25) is 14.6 Å². The van der Waals surface area contributed by atoms with Gasteiger partial charge in [0.15, 0.2) is 0 Å². The number of nitrogens with zero attached hydrogens (tertiary/aromatic N) is 2. The highest BCUT2D eigenvalue weighted by Gasteiger charge is 2.15. The lowest BCUT2D eigenvalue weighted by Gasteiger charge is -2.13. The lowest BCUT2D eigenvalue weighted by molar-refractivity contribution is 0.102. The lowest BCUT2D eigenvalue weighted by Crippen LogP contribution is -2.24. The van der Waals surface area contributed by atoms with Crippen LogP contribution in [0.2, 0.25) is 0 Å². The molecule has 0 aliphatic carbocycles. The normalized spacial score (nSPS) is 10.7. The van der Waals surface area contributed by atoms with E-state index >= 15 is 0 Å². The van der Waals surface area contributed by atoms with Crippen LogP contribution < -0.4 is 15.6 Å². The maximum atomic E-state index is 13.0. The van der Waals surface area contributed by atoms with Crippen molar-refractivity contribution in [2.45, 2.75) is 13.0 Å². The Kier molecular flexibility index (Phi) is 5.57. The zero-order chi connectivity index (χ0) is 20.9. The first kappa shape index (κ1) is 19.4.